The second kappa shape index (κ2) is 7.96. The third-order valence-corrected chi connectivity index (χ3v) is 5.33. The molecule has 4 rings (SSSR count). The molecular weight excluding hydrogens is 392 g/mol. The molecule has 0 saturated carbocycles. The van der Waals surface area contributed by atoms with Gasteiger partial charge in [-0.05, 0) is 43.3 Å². The van der Waals surface area contributed by atoms with Crippen LogP contribution in [0.4, 0.5) is 11.4 Å². The van der Waals surface area contributed by atoms with Gasteiger partial charge in [-0.2, -0.15) is 0 Å². The Balaban J connectivity index is 1.48. The summed E-state index contributed by atoms with van der Waals surface area (Å²) in [4.78, 5) is 26.4. The first-order chi connectivity index (χ1) is 14.0. The van der Waals surface area contributed by atoms with Gasteiger partial charge in [0.2, 0.25) is 17.7 Å². The fourth-order valence-electron chi connectivity index (χ4n) is 2.96. The number of hydrogen-bond donors (Lipinski definition) is 1. The highest BCUT2D eigenvalue weighted by molar-refractivity contribution is 8.00. The molecule has 0 bridgehead atoms. The van der Waals surface area contributed by atoms with Gasteiger partial charge in [-0.3, -0.25) is 14.5 Å². The van der Waals surface area contributed by atoms with Gasteiger partial charge in [-0.15, -0.1) is 10.2 Å². The number of nitrogens with zero attached hydrogens (tertiary/aromatic N) is 3. The number of hydrogen-bond acceptors (Lipinski definition) is 7. The predicted molar refractivity (Wildman–Crippen MR) is 109 cm³/mol. The second-order valence-corrected chi connectivity index (χ2v) is 7.64. The van der Waals surface area contributed by atoms with Crippen molar-refractivity contribution < 1.29 is 18.7 Å². The number of thioether (sulfide) groups is 1. The topological polar surface area (TPSA) is 97.6 Å². The van der Waals surface area contributed by atoms with Gasteiger partial charge in [0, 0.05) is 5.56 Å². The van der Waals surface area contributed by atoms with Gasteiger partial charge in [0.05, 0.1) is 23.7 Å². The van der Waals surface area contributed by atoms with Crippen LogP contribution in [0.2, 0.25) is 0 Å². The minimum Gasteiger partial charge on any atom is -0.497 e. The van der Waals surface area contributed by atoms with Gasteiger partial charge in [0.25, 0.3) is 5.22 Å². The SMILES string of the molecule is COc1ccc(-c2nnc(S[C@H](C)C(=O)N3CC(=O)Nc4ccccc43)o2)cc1. The van der Waals surface area contributed by atoms with Crippen LogP contribution in [0.15, 0.2) is 58.2 Å². The first kappa shape index (κ1) is 19.0. The molecule has 148 valence electrons. The smallest absolute Gasteiger partial charge is 0.277 e. The van der Waals surface area contributed by atoms with Crippen LogP contribution in [0, 0.1) is 0 Å². The van der Waals surface area contributed by atoms with E-state index in [4.69, 9.17) is 9.15 Å². The number of anilines is 2. The summed E-state index contributed by atoms with van der Waals surface area (Å²) in [6, 6.07) is 14.5. The lowest BCUT2D eigenvalue weighted by Gasteiger charge is -2.30. The molecule has 1 aliphatic rings. The minimum absolute atomic E-state index is 0.0261. The number of carbonyl (C=O) groups is 2. The molecule has 3 aromatic rings. The van der Waals surface area contributed by atoms with Crippen LogP contribution in [0.5, 0.6) is 5.75 Å². The number of fused-ring (bicyclic) bond motifs is 1. The second-order valence-electron chi connectivity index (χ2n) is 6.35. The van der Waals surface area contributed by atoms with E-state index < -0.39 is 5.25 Å². The Morgan fingerprint density at radius 3 is 2.72 bits per heavy atom. The number of carbonyl (C=O) groups excluding carboxylic acids is 2. The minimum atomic E-state index is -0.516. The Labute approximate surface area is 171 Å². The molecule has 0 saturated heterocycles. The first-order valence-corrected chi connectivity index (χ1v) is 9.78. The molecule has 0 unspecified atom stereocenters. The highest BCUT2D eigenvalue weighted by Gasteiger charge is 2.31. The average molecular weight is 410 g/mol. The largest absolute Gasteiger partial charge is 0.497 e. The summed E-state index contributed by atoms with van der Waals surface area (Å²) < 4.78 is 10.8. The summed E-state index contributed by atoms with van der Waals surface area (Å²) in [5.74, 6) is 0.653. The van der Waals surface area contributed by atoms with E-state index in [-0.39, 0.29) is 23.6 Å². The number of amides is 2. The number of rotatable bonds is 5. The maximum absolute atomic E-state index is 13.0. The lowest BCUT2D eigenvalue weighted by molar-refractivity contribution is -0.121. The quantitative estimate of drug-likeness (QED) is 0.645. The Kier molecular flexibility index (Phi) is 5.22. The van der Waals surface area contributed by atoms with E-state index in [9.17, 15) is 9.59 Å². The number of nitrogens with one attached hydrogen (secondary N) is 1. The molecule has 2 aromatic carbocycles. The Morgan fingerprint density at radius 1 is 1.21 bits per heavy atom. The van der Waals surface area contributed by atoms with E-state index in [1.54, 1.807) is 38.3 Å². The molecule has 1 N–H and O–H groups in total. The van der Waals surface area contributed by atoms with Crippen LogP contribution < -0.4 is 15.0 Å². The fourth-order valence-corrected chi connectivity index (χ4v) is 3.70. The summed E-state index contributed by atoms with van der Waals surface area (Å²) >= 11 is 1.16. The fraction of sp³-hybridized carbons (Fsp3) is 0.200. The zero-order chi connectivity index (χ0) is 20.4. The van der Waals surface area contributed by atoms with Crippen LogP contribution in [0.3, 0.4) is 0 Å². The monoisotopic (exact) mass is 410 g/mol. The molecule has 2 heterocycles. The van der Waals surface area contributed by atoms with Gasteiger partial charge < -0.3 is 14.5 Å². The predicted octanol–water partition coefficient (Wildman–Crippen LogP) is 3.21. The molecular formula is C20H18N4O4S. The van der Waals surface area contributed by atoms with Crippen LogP contribution in [-0.4, -0.2) is 40.9 Å². The standard InChI is InChI=1S/C20H18N4O4S/c1-12(19(26)24-11-17(25)21-15-5-3-4-6-16(15)24)29-20-23-22-18(28-20)13-7-9-14(27-2)10-8-13/h3-10,12H,11H2,1-2H3,(H,21,25)/t12-/m1/s1. The molecule has 29 heavy (non-hydrogen) atoms. The van der Waals surface area contributed by atoms with Gasteiger partial charge >= 0.3 is 0 Å². The molecule has 1 aliphatic heterocycles. The third-order valence-electron chi connectivity index (χ3n) is 4.41. The molecule has 8 nitrogen and oxygen atoms in total. The highest BCUT2D eigenvalue weighted by atomic mass is 32.2. The lowest BCUT2D eigenvalue weighted by Crippen LogP contribution is -2.45. The van der Waals surface area contributed by atoms with Gasteiger partial charge in [0.1, 0.15) is 12.3 Å². The Bertz CT molecular complexity index is 1050. The number of methoxy groups -OCH3 is 1. The molecule has 1 atom stereocenters. The van der Waals surface area contributed by atoms with Crippen molar-refractivity contribution in [3.8, 4) is 17.2 Å². The zero-order valence-electron chi connectivity index (χ0n) is 15.8. The van der Waals surface area contributed by atoms with Crippen molar-refractivity contribution in [3.63, 3.8) is 0 Å². The van der Waals surface area contributed by atoms with Gasteiger partial charge in [0.15, 0.2) is 0 Å². The van der Waals surface area contributed by atoms with Crippen molar-refractivity contribution >= 4 is 35.0 Å². The zero-order valence-corrected chi connectivity index (χ0v) is 16.6. The number of ether oxygens (including phenoxy) is 1. The maximum atomic E-state index is 13.0. The van der Waals surface area contributed by atoms with E-state index >= 15 is 0 Å². The summed E-state index contributed by atoms with van der Waals surface area (Å²) in [6.45, 7) is 1.72. The number of benzene rings is 2. The van der Waals surface area contributed by atoms with Gasteiger partial charge in [-0.1, -0.05) is 23.9 Å². The Hall–Kier alpha value is -3.33. The molecule has 0 aliphatic carbocycles. The Morgan fingerprint density at radius 2 is 1.97 bits per heavy atom. The van der Waals surface area contributed by atoms with Crippen molar-refractivity contribution in [2.75, 3.05) is 23.9 Å². The molecule has 9 heteroatoms. The first-order valence-electron chi connectivity index (χ1n) is 8.90. The third kappa shape index (κ3) is 3.95. The molecule has 0 radical (unpaired) electrons. The van der Waals surface area contributed by atoms with Crippen LogP contribution in [0.1, 0.15) is 6.92 Å². The van der Waals surface area contributed by atoms with Crippen LogP contribution >= 0.6 is 11.8 Å². The lowest BCUT2D eigenvalue weighted by atomic mass is 10.2. The van der Waals surface area contributed by atoms with Crippen molar-refractivity contribution in [1.29, 1.82) is 0 Å². The molecule has 0 fully saturated rings. The number of para-hydroxylation sites is 2. The van der Waals surface area contributed by atoms with Crippen molar-refractivity contribution in [2.45, 2.75) is 17.4 Å². The maximum Gasteiger partial charge on any atom is 0.277 e. The van der Waals surface area contributed by atoms with Gasteiger partial charge in [-0.25, -0.2) is 0 Å². The normalized spacial score (nSPS) is 14.1. The average Bonchev–Trinajstić information content (AvgIpc) is 3.21. The molecule has 1 aromatic heterocycles. The van der Waals surface area contributed by atoms with E-state index in [0.29, 0.717) is 17.3 Å². The van der Waals surface area contributed by atoms with Crippen LogP contribution in [0.25, 0.3) is 11.5 Å². The highest BCUT2D eigenvalue weighted by Crippen LogP contribution is 2.32. The van der Waals surface area contributed by atoms with E-state index in [0.717, 1.165) is 23.1 Å². The summed E-state index contributed by atoms with van der Waals surface area (Å²) in [6.07, 6.45) is 0. The van der Waals surface area contributed by atoms with E-state index in [1.165, 1.54) is 4.90 Å². The number of aromatic nitrogens is 2. The van der Waals surface area contributed by atoms with Crippen molar-refractivity contribution in [1.82, 2.24) is 10.2 Å². The molecule has 2 amide bonds. The van der Waals surface area contributed by atoms with Crippen molar-refractivity contribution in [3.05, 3.63) is 48.5 Å². The molecule has 0 spiro atoms. The summed E-state index contributed by atoms with van der Waals surface area (Å²) in [5.41, 5.74) is 2.05. The van der Waals surface area contributed by atoms with Crippen LogP contribution in [-0.2, 0) is 9.59 Å². The summed E-state index contributed by atoms with van der Waals surface area (Å²) in [7, 11) is 1.60. The van der Waals surface area contributed by atoms with Crippen molar-refractivity contribution in [2.24, 2.45) is 0 Å². The summed E-state index contributed by atoms with van der Waals surface area (Å²) in [5, 5.41) is 10.6. The van der Waals surface area contributed by atoms with E-state index in [2.05, 4.69) is 15.5 Å². The van der Waals surface area contributed by atoms with E-state index in [1.807, 2.05) is 24.3 Å².